The zero-order valence-corrected chi connectivity index (χ0v) is 8.97. The monoisotopic (exact) mass is 182 g/mol. The Kier molecular flexibility index (Phi) is 2.61. The molecule has 0 amide bonds. The Labute approximate surface area is 81.7 Å². The van der Waals surface area contributed by atoms with Gasteiger partial charge in [-0.15, -0.1) is 0 Å². The molecule has 76 valence electrons. The summed E-state index contributed by atoms with van der Waals surface area (Å²) in [6.45, 7) is 2.58. The lowest BCUT2D eigenvalue weighted by molar-refractivity contribution is 0.0536. The van der Waals surface area contributed by atoms with Gasteiger partial charge in [-0.1, -0.05) is 12.8 Å². The minimum atomic E-state index is 0.505. The van der Waals surface area contributed by atoms with Crippen molar-refractivity contribution >= 4 is 0 Å². The van der Waals surface area contributed by atoms with Crippen molar-refractivity contribution in [3.63, 3.8) is 0 Å². The molecule has 1 saturated heterocycles. The zero-order chi connectivity index (χ0) is 9.31. The fourth-order valence-electron chi connectivity index (χ4n) is 3.22. The van der Waals surface area contributed by atoms with Crippen LogP contribution < -0.4 is 5.32 Å². The summed E-state index contributed by atoms with van der Waals surface area (Å²) in [5.41, 5.74) is 0.505. The number of nitrogens with one attached hydrogen (secondary N) is 1. The molecule has 1 aliphatic heterocycles. The molecule has 0 radical (unpaired) electrons. The molecule has 2 heteroatoms. The molecule has 0 unspecified atom stereocenters. The van der Waals surface area contributed by atoms with Crippen LogP contribution in [0.15, 0.2) is 0 Å². The predicted octanol–water partition coefficient (Wildman–Crippen LogP) is 1.47. The number of hydrogen-bond donors (Lipinski definition) is 1. The van der Waals surface area contributed by atoms with Crippen molar-refractivity contribution in [2.75, 3.05) is 27.2 Å². The minimum absolute atomic E-state index is 0.505. The number of likely N-dealkylation sites (tertiary alicyclic amines) is 1. The molecule has 0 aromatic heterocycles. The predicted molar refractivity (Wildman–Crippen MR) is 55.9 cm³/mol. The van der Waals surface area contributed by atoms with Gasteiger partial charge < -0.3 is 10.2 Å². The van der Waals surface area contributed by atoms with Gasteiger partial charge in [0.25, 0.3) is 0 Å². The molecule has 13 heavy (non-hydrogen) atoms. The molecule has 0 bridgehead atoms. The van der Waals surface area contributed by atoms with E-state index in [1.54, 1.807) is 0 Å². The fourth-order valence-corrected chi connectivity index (χ4v) is 3.22. The molecule has 2 fully saturated rings. The quantitative estimate of drug-likeness (QED) is 0.660. The molecule has 2 rings (SSSR count). The largest absolute Gasteiger partial charge is 0.314 e. The van der Waals surface area contributed by atoms with Crippen LogP contribution in [0.1, 0.15) is 32.1 Å². The van der Waals surface area contributed by atoms with E-state index < -0.39 is 0 Å². The lowest BCUT2D eigenvalue weighted by Crippen LogP contribution is -2.59. The molecule has 1 N–H and O–H groups in total. The topological polar surface area (TPSA) is 15.3 Å². The van der Waals surface area contributed by atoms with Crippen molar-refractivity contribution in [1.82, 2.24) is 10.2 Å². The maximum Gasteiger partial charge on any atom is 0.0231 e. The van der Waals surface area contributed by atoms with E-state index in [0.29, 0.717) is 5.54 Å². The molecule has 1 aliphatic carbocycles. The van der Waals surface area contributed by atoms with Crippen molar-refractivity contribution < 1.29 is 0 Å². The van der Waals surface area contributed by atoms with Gasteiger partial charge in [0.1, 0.15) is 0 Å². The molecule has 1 saturated carbocycles. The Morgan fingerprint density at radius 3 is 2.92 bits per heavy atom. The van der Waals surface area contributed by atoms with E-state index >= 15 is 0 Å². The lowest BCUT2D eigenvalue weighted by Gasteiger charge is -2.50. The second kappa shape index (κ2) is 3.58. The summed E-state index contributed by atoms with van der Waals surface area (Å²) in [5.74, 6) is 0.907. The van der Waals surface area contributed by atoms with Gasteiger partial charge in [0.2, 0.25) is 0 Å². The Hall–Kier alpha value is -0.0800. The highest BCUT2D eigenvalue weighted by Gasteiger charge is 2.42. The van der Waals surface area contributed by atoms with Gasteiger partial charge in [0, 0.05) is 12.1 Å². The third-order valence-electron chi connectivity index (χ3n) is 4.18. The van der Waals surface area contributed by atoms with Gasteiger partial charge in [-0.2, -0.15) is 0 Å². The van der Waals surface area contributed by atoms with E-state index in [1.807, 2.05) is 0 Å². The SMILES string of the molecule is CN[C@@]12CCCC[C@H]1CN(C)CC2. The maximum atomic E-state index is 3.61. The second-order valence-electron chi connectivity index (χ2n) is 4.86. The highest BCUT2D eigenvalue weighted by Crippen LogP contribution is 2.39. The van der Waals surface area contributed by atoms with E-state index in [9.17, 15) is 0 Å². The first kappa shape index (κ1) is 9.47. The summed E-state index contributed by atoms with van der Waals surface area (Å²) in [6.07, 6.45) is 7.07. The van der Waals surface area contributed by atoms with Crippen LogP contribution in [0.25, 0.3) is 0 Å². The third kappa shape index (κ3) is 1.62. The Morgan fingerprint density at radius 1 is 1.31 bits per heavy atom. The smallest absolute Gasteiger partial charge is 0.0231 e. The Balaban J connectivity index is 2.10. The van der Waals surface area contributed by atoms with E-state index in [4.69, 9.17) is 0 Å². The van der Waals surface area contributed by atoms with Gasteiger partial charge in [-0.3, -0.25) is 0 Å². The summed E-state index contributed by atoms with van der Waals surface area (Å²) in [6, 6.07) is 0. The average Bonchev–Trinajstić information content (AvgIpc) is 2.18. The summed E-state index contributed by atoms with van der Waals surface area (Å²) < 4.78 is 0. The van der Waals surface area contributed by atoms with Crippen molar-refractivity contribution in [2.24, 2.45) is 5.92 Å². The minimum Gasteiger partial charge on any atom is -0.314 e. The van der Waals surface area contributed by atoms with Crippen molar-refractivity contribution in [2.45, 2.75) is 37.6 Å². The van der Waals surface area contributed by atoms with Crippen LogP contribution in [-0.4, -0.2) is 37.6 Å². The maximum absolute atomic E-state index is 3.61. The van der Waals surface area contributed by atoms with E-state index in [2.05, 4.69) is 24.3 Å². The first-order valence-electron chi connectivity index (χ1n) is 5.64. The van der Waals surface area contributed by atoms with Crippen molar-refractivity contribution in [3.8, 4) is 0 Å². The molecule has 2 nitrogen and oxygen atoms in total. The molecule has 0 spiro atoms. The van der Waals surface area contributed by atoms with Gasteiger partial charge in [-0.05, 0) is 45.8 Å². The molecule has 2 aliphatic rings. The molecule has 0 aromatic rings. The van der Waals surface area contributed by atoms with E-state index in [0.717, 1.165) is 5.92 Å². The highest BCUT2D eigenvalue weighted by atomic mass is 15.1. The van der Waals surface area contributed by atoms with E-state index in [1.165, 1.54) is 45.2 Å². The first-order chi connectivity index (χ1) is 6.27. The summed E-state index contributed by atoms with van der Waals surface area (Å²) >= 11 is 0. The number of fused-ring (bicyclic) bond motifs is 1. The average molecular weight is 182 g/mol. The summed E-state index contributed by atoms with van der Waals surface area (Å²) in [7, 11) is 4.41. The van der Waals surface area contributed by atoms with Crippen LogP contribution in [0.2, 0.25) is 0 Å². The summed E-state index contributed by atoms with van der Waals surface area (Å²) in [5, 5.41) is 3.61. The Bertz CT molecular complexity index is 181. The molecule has 1 heterocycles. The van der Waals surface area contributed by atoms with Gasteiger partial charge in [-0.25, -0.2) is 0 Å². The molecule has 0 aromatic carbocycles. The van der Waals surface area contributed by atoms with Crippen LogP contribution in [0.4, 0.5) is 0 Å². The van der Waals surface area contributed by atoms with Crippen molar-refractivity contribution in [1.29, 1.82) is 0 Å². The normalized spacial score (nSPS) is 41.5. The van der Waals surface area contributed by atoms with Gasteiger partial charge in [0.05, 0.1) is 0 Å². The Morgan fingerprint density at radius 2 is 2.15 bits per heavy atom. The third-order valence-corrected chi connectivity index (χ3v) is 4.18. The number of rotatable bonds is 1. The standard InChI is InChI=1S/C11H22N2/c1-12-11-6-4-3-5-10(11)9-13(2)8-7-11/h10,12H,3-9H2,1-2H3/t10-,11+/m0/s1. The van der Waals surface area contributed by atoms with Crippen LogP contribution >= 0.6 is 0 Å². The number of nitrogens with zero attached hydrogens (tertiary/aromatic N) is 1. The molecule has 2 atom stereocenters. The van der Waals surface area contributed by atoms with E-state index in [-0.39, 0.29) is 0 Å². The zero-order valence-electron chi connectivity index (χ0n) is 8.97. The van der Waals surface area contributed by atoms with Crippen LogP contribution in [-0.2, 0) is 0 Å². The summed E-state index contributed by atoms with van der Waals surface area (Å²) in [4.78, 5) is 2.49. The lowest BCUT2D eigenvalue weighted by atomic mass is 9.69. The van der Waals surface area contributed by atoms with Gasteiger partial charge in [0.15, 0.2) is 0 Å². The van der Waals surface area contributed by atoms with Gasteiger partial charge >= 0.3 is 0 Å². The number of piperidine rings is 1. The highest BCUT2D eigenvalue weighted by molar-refractivity contribution is 5.00. The second-order valence-corrected chi connectivity index (χ2v) is 4.86. The molecular weight excluding hydrogens is 160 g/mol. The first-order valence-corrected chi connectivity index (χ1v) is 5.64. The number of hydrogen-bond acceptors (Lipinski definition) is 2. The van der Waals surface area contributed by atoms with Crippen molar-refractivity contribution in [3.05, 3.63) is 0 Å². The van der Waals surface area contributed by atoms with Crippen LogP contribution in [0.3, 0.4) is 0 Å². The molecular formula is C11H22N2. The van der Waals surface area contributed by atoms with Crippen LogP contribution in [0.5, 0.6) is 0 Å². The van der Waals surface area contributed by atoms with Crippen LogP contribution in [0, 0.1) is 5.92 Å². The fraction of sp³-hybridized carbons (Fsp3) is 1.00.